The highest BCUT2D eigenvalue weighted by atomic mass is 32.2. The van der Waals surface area contributed by atoms with Crippen LogP contribution in [0.1, 0.15) is 45.0 Å². The predicted molar refractivity (Wildman–Crippen MR) is 163 cm³/mol. The maximum atomic E-state index is 12.9. The Kier molecular flexibility index (Phi) is 8.70. The highest BCUT2D eigenvalue weighted by molar-refractivity contribution is 8.00. The first-order chi connectivity index (χ1) is 19.8. The number of carbonyl (C=O) groups is 4. The number of esters is 1. The quantitative estimate of drug-likeness (QED) is 0.195. The second-order valence-corrected chi connectivity index (χ2v) is 11.7. The Morgan fingerprint density at radius 2 is 1.78 bits per heavy atom. The lowest BCUT2D eigenvalue weighted by Gasteiger charge is -2.25. The molecule has 10 heteroatoms. The van der Waals surface area contributed by atoms with Crippen LogP contribution >= 0.6 is 23.1 Å². The average Bonchev–Trinajstić information content (AvgIpc) is 3.33. The molecule has 8 nitrogen and oxygen atoms in total. The van der Waals surface area contributed by atoms with Crippen molar-refractivity contribution in [2.24, 2.45) is 0 Å². The summed E-state index contributed by atoms with van der Waals surface area (Å²) in [5.74, 6) is -0.884. The van der Waals surface area contributed by atoms with Crippen molar-refractivity contribution >= 4 is 68.3 Å². The maximum absolute atomic E-state index is 12.9. The molecule has 0 spiro atoms. The number of hydrogen-bond acceptors (Lipinski definition) is 7. The van der Waals surface area contributed by atoms with Crippen molar-refractivity contribution in [2.45, 2.75) is 31.7 Å². The number of benzene rings is 3. The van der Waals surface area contributed by atoms with Crippen LogP contribution in [0.5, 0.6) is 0 Å². The standard InChI is InChI=1S/C31H29N3O5S2/c1-3-39-31(38)28-25-13-14-34(19(2)35)17-26(25)41-30(28)33-27(36)18-40-24-10-6-9-23(16-24)32-29(37)22-12-11-20-7-4-5-8-21(20)15-22/h4-12,15-16H,3,13-14,17-18H2,1-2H3,(H,32,37)(H,33,36). The van der Waals surface area contributed by atoms with Crippen LogP contribution in [0.15, 0.2) is 71.6 Å². The van der Waals surface area contributed by atoms with Gasteiger partial charge >= 0.3 is 5.97 Å². The van der Waals surface area contributed by atoms with E-state index in [9.17, 15) is 19.2 Å². The number of amides is 3. The first kappa shape index (κ1) is 28.4. The van der Waals surface area contributed by atoms with Gasteiger partial charge in [-0.05, 0) is 60.0 Å². The molecule has 2 N–H and O–H groups in total. The minimum Gasteiger partial charge on any atom is -0.462 e. The van der Waals surface area contributed by atoms with Gasteiger partial charge in [0.25, 0.3) is 5.91 Å². The van der Waals surface area contributed by atoms with Gasteiger partial charge in [0.05, 0.1) is 24.5 Å². The molecule has 41 heavy (non-hydrogen) atoms. The van der Waals surface area contributed by atoms with Crippen molar-refractivity contribution < 1.29 is 23.9 Å². The number of carbonyl (C=O) groups excluding carboxylic acids is 4. The summed E-state index contributed by atoms with van der Waals surface area (Å²) >= 11 is 2.63. The Hall–Kier alpha value is -4.15. The summed E-state index contributed by atoms with van der Waals surface area (Å²) in [7, 11) is 0. The number of thioether (sulfide) groups is 1. The van der Waals surface area contributed by atoms with E-state index >= 15 is 0 Å². The average molecular weight is 588 g/mol. The maximum Gasteiger partial charge on any atom is 0.341 e. The second-order valence-electron chi connectivity index (χ2n) is 9.50. The molecule has 0 fully saturated rings. The Balaban J connectivity index is 1.24. The smallest absolute Gasteiger partial charge is 0.341 e. The number of fused-ring (bicyclic) bond motifs is 2. The third-order valence-corrected chi connectivity index (χ3v) is 8.83. The normalized spacial score (nSPS) is 12.5. The predicted octanol–water partition coefficient (Wildman–Crippen LogP) is 5.97. The van der Waals surface area contributed by atoms with E-state index in [0.29, 0.717) is 41.3 Å². The van der Waals surface area contributed by atoms with Crippen molar-refractivity contribution in [3.8, 4) is 0 Å². The molecule has 1 aromatic heterocycles. The largest absolute Gasteiger partial charge is 0.462 e. The minimum absolute atomic E-state index is 0.0283. The lowest BCUT2D eigenvalue weighted by molar-refractivity contribution is -0.129. The number of hydrogen-bond donors (Lipinski definition) is 2. The van der Waals surface area contributed by atoms with Gasteiger partial charge in [-0.1, -0.05) is 36.4 Å². The SMILES string of the molecule is CCOC(=O)c1c(NC(=O)CSc2cccc(NC(=O)c3ccc4ccccc4c3)c2)sc2c1CCN(C(C)=O)C2. The van der Waals surface area contributed by atoms with Crippen molar-refractivity contribution in [2.75, 3.05) is 29.5 Å². The van der Waals surface area contributed by atoms with Crippen LogP contribution in [0.4, 0.5) is 10.7 Å². The molecule has 3 amide bonds. The van der Waals surface area contributed by atoms with Gasteiger partial charge in [-0.3, -0.25) is 14.4 Å². The van der Waals surface area contributed by atoms with Gasteiger partial charge in [-0.2, -0.15) is 0 Å². The fraction of sp³-hybridized carbons (Fsp3) is 0.226. The lowest BCUT2D eigenvalue weighted by atomic mass is 10.0. The first-order valence-corrected chi connectivity index (χ1v) is 15.0. The van der Waals surface area contributed by atoms with Gasteiger partial charge < -0.3 is 20.3 Å². The van der Waals surface area contributed by atoms with Crippen LogP contribution in [0.2, 0.25) is 0 Å². The molecule has 1 aliphatic rings. The minimum atomic E-state index is -0.473. The number of rotatable bonds is 8. The summed E-state index contributed by atoms with van der Waals surface area (Å²) in [5.41, 5.74) is 2.40. The third-order valence-electron chi connectivity index (χ3n) is 6.71. The molecule has 0 bridgehead atoms. The monoisotopic (exact) mass is 587 g/mol. The van der Waals surface area contributed by atoms with Crippen molar-refractivity contribution in [1.82, 2.24) is 4.90 Å². The highest BCUT2D eigenvalue weighted by Crippen LogP contribution is 2.38. The Morgan fingerprint density at radius 3 is 2.56 bits per heavy atom. The molecule has 0 unspecified atom stereocenters. The summed E-state index contributed by atoms with van der Waals surface area (Å²) < 4.78 is 5.27. The molecule has 0 saturated carbocycles. The molecular formula is C31H29N3O5S2. The summed E-state index contributed by atoms with van der Waals surface area (Å²) in [6.45, 7) is 4.41. The van der Waals surface area contributed by atoms with E-state index < -0.39 is 5.97 Å². The summed E-state index contributed by atoms with van der Waals surface area (Å²) in [5, 5.41) is 8.32. The van der Waals surface area contributed by atoms with Crippen LogP contribution in [0, 0.1) is 0 Å². The summed E-state index contributed by atoms with van der Waals surface area (Å²) in [6, 6.07) is 20.8. The van der Waals surface area contributed by atoms with Crippen molar-refractivity contribution in [1.29, 1.82) is 0 Å². The number of nitrogens with zero attached hydrogens (tertiary/aromatic N) is 1. The van der Waals surface area contributed by atoms with Gasteiger partial charge in [0.1, 0.15) is 5.00 Å². The zero-order valence-corrected chi connectivity index (χ0v) is 24.3. The van der Waals surface area contributed by atoms with Crippen LogP contribution in [-0.4, -0.2) is 47.5 Å². The zero-order valence-electron chi connectivity index (χ0n) is 22.7. The van der Waals surface area contributed by atoms with E-state index in [-0.39, 0.29) is 30.1 Å². The molecule has 0 saturated heterocycles. The molecule has 210 valence electrons. The van der Waals surface area contributed by atoms with E-state index in [1.165, 1.54) is 30.0 Å². The zero-order chi connectivity index (χ0) is 28.9. The Morgan fingerprint density at radius 1 is 0.976 bits per heavy atom. The van der Waals surface area contributed by atoms with Gasteiger partial charge in [0.15, 0.2) is 0 Å². The second kappa shape index (κ2) is 12.6. The van der Waals surface area contributed by atoms with Gasteiger partial charge in [-0.25, -0.2) is 4.79 Å². The molecule has 5 rings (SSSR count). The molecule has 0 radical (unpaired) electrons. The van der Waals surface area contributed by atoms with E-state index in [0.717, 1.165) is 26.1 Å². The highest BCUT2D eigenvalue weighted by Gasteiger charge is 2.30. The van der Waals surface area contributed by atoms with Crippen molar-refractivity contribution in [3.63, 3.8) is 0 Å². The molecule has 1 aliphatic heterocycles. The summed E-state index contributed by atoms with van der Waals surface area (Å²) in [6.07, 6.45) is 0.530. The van der Waals surface area contributed by atoms with E-state index in [1.54, 1.807) is 24.0 Å². The van der Waals surface area contributed by atoms with Crippen molar-refractivity contribution in [3.05, 3.63) is 88.3 Å². The number of nitrogens with one attached hydrogen (secondary N) is 2. The van der Waals surface area contributed by atoms with Crippen LogP contribution in [0.3, 0.4) is 0 Å². The number of thiophene rings is 1. The van der Waals surface area contributed by atoms with Crippen LogP contribution in [-0.2, 0) is 27.3 Å². The molecular weight excluding hydrogens is 558 g/mol. The van der Waals surface area contributed by atoms with E-state index in [1.807, 2.05) is 54.6 Å². The lowest BCUT2D eigenvalue weighted by Crippen LogP contribution is -2.34. The fourth-order valence-electron chi connectivity index (χ4n) is 4.69. The molecule has 4 aromatic rings. The van der Waals surface area contributed by atoms with E-state index in [2.05, 4.69) is 10.6 Å². The topological polar surface area (TPSA) is 105 Å². The van der Waals surface area contributed by atoms with Crippen LogP contribution in [0.25, 0.3) is 10.8 Å². The third kappa shape index (κ3) is 6.61. The van der Waals surface area contributed by atoms with Gasteiger partial charge in [0.2, 0.25) is 11.8 Å². The Labute approximate surface area is 246 Å². The van der Waals surface area contributed by atoms with Gasteiger partial charge in [0, 0.05) is 34.5 Å². The molecule has 3 aromatic carbocycles. The molecule has 0 atom stereocenters. The first-order valence-electron chi connectivity index (χ1n) is 13.2. The molecule has 2 heterocycles. The van der Waals surface area contributed by atoms with E-state index in [4.69, 9.17) is 4.74 Å². The summed E-state index contributed by atoms with van der Waals surface area (Å²) in [4.78, 5) is 53.9. The van der Waals surface area contributed by atoms with Gasteiger partial charge in [-0.15, -0.1) is 23.1 Å². The Bertz CT molecular complexity index is 1650. The number of anilines is 2. The number of ether oxygens (including phenoxy) is 1. The fourth-order valence-corrected chi connectivity index (χ4v) is 6.71. The van der Waals surface area contributed by atoms with Crippen LogP contribution < -0.4 is 10.6 Å². The molecule has 0 aliphatic carbocycles.